The van der Waals surface area contributed by atoms with Crippen LogP contribution in [0.25, 0.3) is 0 Å². The number of likely N-dealkylation sites (N-methyl/N-ethyl adjacent to an activating group) is 1. The van der Waals surface area contributed by atoms with E-state index in [0.717, 1.165) is 6.42 Å². The zero-order chi connectivity index (χ0) is 16.6. The van der Waals surface area contributed by atoms with Gasteiger partial charge in [-0.3, -0.25) is 14.4 Å². The van der Waals surface area contributed by atoms with Crippen molar-refractivity contribution < 1.29 is 19.1 Å². The SMILES string of the molecule is CCCNC(=O)CN(C)C(=O)C(C(=O)OCC)C(C)(C)C. The maximum absolute atomic E-state index is 12.5. The molecule has 0 aromatic rings. The summed E-state index contributed by atoms with van der Waals surface area (Å²) in [5.74, 6) is -2.09. The molecule has 0 saturated heterocycles. The first-order valence-corrected chi connectivity index (χ1v) is 7.33. The van der Waals surface area contributed by atoms with Crippen LogP contribution in [0.15, 0.2) is 0 Å². The average molecular weight is 300 g/mol. The highest BCUT2D eigenvalue weighted by Crippen LogP contribution is 2.28. The van der Waals surface area contributed by atoms with Gasteiger partial charge in [-0.1, -0.05) is 27.7 Å². The molecule has 0 saturated carbocycles. The number of carbonyl (C=O) groups excluding carboxylic acids is 3. The van der Waals surface area contributed by atoms with Gasteiger partial charge in [-0.15, -0.1) is 0 Å². The zero-order valence-electron chi connectivity index (χ0n) is 14.0. The summed E-state index contributed by atoms with van der Waals surface area (Å²) in [4.78, 5) is 37.4. The van der Waals surface area contributed by atoms with Gasteiger partial charge in [-0.25, -0.2) is 0 Å². The molecule has 0 aromatic heterocycles. The molecule has 1 unspecified atom stereocenters. The van der Waals surface area contributed by atoms with E-state index in [1.54, 1.807) is 27.7 Å². The summed E-state index contributed by atoms with van der Waals surface area (Å²) in [6.07, 6.45) is 0.830. The van der Waals surface area contributed by atoms with Gasteiger partial charge >= 0.3 is 5.97 Å². The Morgan fingerprint density at radius 3 is 2.19 bits per heavy atom. The van der Waals surface area contributed by atoms with Crippen LogP contribution in [0.4, 0.5) is 0 Å². The molecule has 0 bridgehead atoms. The quantitative estimate of drug-likeness (QED) is 0.566. The molecule has 0 spiro atoms. The largest absolute Gasteiger partial charge is 0.465 e. The summed E-state index contributed by atoms with van der Waals surface area (Å²) in [6, 6.07) is 0. The van der Waals surface area contributed by atoms with Crippen molar-refractivity contribution >= 4 is 17.8 Å². The number of amides is 2. The van der Waals surface area contributed by atoms with E-state index < -0.39 is 23.2 Å². The molecule has 2 amide bonds. The molecule has 0 aromatic carbocycles. The molecule has 6 nitrogen and oxygen atoms in total. The lowest BCUT2D eigenvalue weighted by atomic mass is 9.80. The second kappa shape index (κ2) is 8.64. The van der Waals surface area contributed by atoms with Gasteiger partial charge < -0.3 is 15.0 Å². The molecular formula is C15H28N2O4. The second-order valence-corrected chi connectivity index (χ2v) is 6.10. The van der Waals surface area contributed by atoms with Gasteiger partial charge in [0.25, 0.3) is 0 Å². The molecule has 122 valence electrons. The average Bonchev–Trinajstić information content (AvgIpc) is 2.34. The lowest BCUT2D eigenvalue weighted by molar-refractivity contribution is -0.160. The molecule has 1 atom stereocenters. The molecule has 0 aliphatic carbocycles. The van der Waals surface area contributed by atoms with Crippen LogP contribution in [-0.2, 0) is 19.1 Å². The van der Waals surface area contributed by atoms with Crippen molar-refractivity contribution in [2.45, 2.75) is 41.0 Å². The highest BCUT2D eigenvalue weighted by atomic mass is 16.5. The molecule has 0 rings (SSSR count). The van der Waals surface area contributed by atoms with Crippen LogP contribution in [-0.4, -0.2) is 49.4 Å². The Kier molecular flexibility index (Phi) is 7.99. The molecule has 21 heavy (non-hydrogen) atoms. The van der Waals surface area contributed by atoms with Crippen molar-refractivity contribution in [3.05, 3.63) is 0 Å². The Morgan fingerprint density at radius 2 is 1.76 bits per heavy atom. The number of esters is 1. The third-order valence-electron chi connectivity index (χ3n) is 2.96. The number of carbonyl (C=O) groups is 3. The molecule has 6 heteroatoms. The number of hydrogen-bond donors (Lipinski definition) is 1. The highest BCUT2D eigenvalue weighted by molar-refractivity contribution is 5.99. The third-order valence-corrected chi connectivity index (χ3v) is 2.96. The molecule has 0 aliphatic rings. The van der Waals surface area contributed by atoms with E-state index in [2.05, 4.69) is 5.32 Å². The van der Waals surface area contributed by atoms with Crippen molar-refractivity contribution in [1.82, 2.24) is 10.2 Å². The molecule has 0 radical (unpaired) electrons. The number of nitrogens with zero attached hydrogens (tertiary/aromatic N) is 1. The number of ether oxygens (including phenoxy) is 1. The number of nitrogens with one attached hydrogen (secondary N) is 1. The van der Waals surface area contributed by atoms with Crippen LogP contribution in [0.5, 0.6) is 0 Å². The zero-order valence-corrected chi connectivity index (χ0v) is 14.0. The molecule has 0 fully saturated rings. The topological polar surface area (TPSA) is 75.7 Å². The summed E-state index contributed by atoms with van der Waals surface area (Å²) in [5.41, 5.74) is -0.572. The molecular weight excluding hydrogens is 272 g/mol. The first kappa shape index (κ1) is 19.4. The fourth-order valence-corrected chi connectivity index (χ4v) is 1.88. The van der Waals surface area contributed by atoms with E-state index in [9.17, 15) is 14.4 Å². The Hall–Kier alpha value is -1.59. The van der Waals surface area contributed by atoms with Crippen LogP contribution in [0.1, 0.15) is 41.0 Å². The predicted octanol–water partition coefficient (Wildman–Crippen LogP) is 1.20. The van der Waals surface area contributed by atoms with E-state index in [1.807, 2.05) is 6.92 Å². The van der Waals surface area contributed by atoms with Crippen LogP contribution in [0.3, 0.4) is 0 Å². The molecule has 0 aliphatic heterocycles. The molecule has 0 heterocycles. The summed E-state index contributed by atoms with van der Waals surface area (Å²) in [5, 5.41) is 2.70. The maximum atomic E-state index is 12.5. The van der Waals surface area contributed by atoms with E-state index in [-0.39, 0.29) is 19.1 Å². The Balaban J connectivity index is 4.88. The van der Waals surface area contributed by atoms with Crippen LogP contribution in [0, 0.1) is 11.3 Å². The van der Waals surface area contributed by atoms with Gasteiger partial charge in [0.1, 0.15) is 5.92 Å². The van der Waals surface area contributed by atoms with Crippen molar-refractivity contribution in [3.8, 4) is 0 Å². The predicted molar refractivity (Wildman–Crippen MR) is 80.5 cm³/mol. The van der Waals surface area contributed by atoms with Crippen LogP contribution in [0.2, 0.25) is 0 Å². The highest BCUT2D eigenvalue weighted by Gasteiger charge is 2.40. The standard InChI is InChI=1S/C15H28N2O4/c1-7-9-16-11(18)10-17(6)13(19)12(15(3,4)5)14(20)21-8-2/h12H,7-10H2,1-6H3,(H,16,18). The van der Waals surface area contributed by atoms with E-state index in [0.29, 0.717) is 6.54 Å². The Morgan fingerprint density at radius 1 is 1.19 bits per heavy atom. The second-order valence-electron chi connectivity index (χ2n) is 6.10. The normalized spacial score (nSPS) is 12.5. The van der Waals surface area contributed by atoms with E-state index in [4.69, 9.17) is 4.74 Å². The summed E-state index contributed by atoms with van der Waals surface area (Å²) < 4.78 is 4.98. The van der Waals surface area contributed by atoms with Crippen molar-refractivity contribution in [2.24, 2.45) is 11.3 Å². The monoisotopic (exact) mass is 300 g/mol. The minimum Gasteiger partial charge on any atom is -0.465 e. The summed E-state index contributed by atoms with van der Waals surface area (Å²) >= 11 is 0. The lowest BCUT2D eigenvalue weighted by Crippen LogP contribution is -2.47. The summed E-state index contributed by atoms with van der Waals surface area (Å²) in [7, 11) is 1.52. The Labute approximate surface area is 127 Å². The van der Waals surface area contributed by atoms with Crippen LogP contribution >= 0.6 is 0 Å². The molecule has 1 N–H and O–H groups in total. The van der Waals surface area contributed by atoms with Gasteiger partial charge in [-0.05, 0) is 18.8 Å². The number of hydrogen-bond acceptors (Lipinski definition) is 4. The fraction of sp³-hybridized carbons (Fsp3) is 0.800. The van der Waals surface area contributed by atoms with Gasteiger partial charge in [0.2, 0.25) is 11.8 Å². The minimum atomic E-state index is -0.915. The van der Waals surface area contributed by atoms with Gasteiger partial charge in [0.05, 0.1) is 13.2 Å². The fourth-order valence-electron chi connectivity index (χ4n) is 1.88. The third kappa shape index (κ3) is 6.60. The maximum Gasteiger partial charge on any atom is 0.319 e. The van der Waals surface area contributed by atoms with E-state index >= 15 is 0 Å². The lowest BCUT2D eigenvalue weighted by Gasteiger charge is -2.30. The first-order valence-electron chi connectivity index (χ1n) is 7.33. The van der Waals surface area contributed by atoms with Crippen molar-refractivity contribution in [3.63, 3.8) is 0 Å². The number of rotatable bonds is 7. The van der Waals surface area contributed by atoms with Gasteiger partial charge in [0.15, 0.2) is 0 Å². The smallest absolute Gasteiger partial charge is 0.319 e. The van der Waals surface area contributed by atoms with E-state index in [1.165, 1.54) is 11.9 Å². The van der Waals surface area contributed by atoms with Crippen LogP contribution < -0.4 is 5.32 Å². The van der Waals surface area contributed by atoms with Gasteiger partial charge in [0, 0.05) is 13.6 Å². The first-order chi connectivity index (χ1) is 9.65. The summed E-state index contributed by atoms with van der Waals surface area (Å²) in [6.45, 7) is 9.79. The van der Waals surface area contributed by atoms with Crippen molar-refractivity contribution in [2.75, 3.05) is 26.7 Å². The van der Waals surface area contributed by atoms with Crippen molar-refractivity contribution in [1.29, 1.82) is 0 Å². The Bertz CT molecular complexity index is 374. The minimum absolute atomic E-state index is 0.0647. The van der Waals surface area contributed by atoms with Gasteiger partial charge in [-0.2, -0.15) is 0 Å².